The van der Waals surface area contributed by atoms with Crippen LogP contribution in [0, 0.1) is 0 Å². The van der Waals surface area contributed by atoms with Crippen LogP contribution in [0.1, 0.15) is 194 Å². The molecule has 0 aliphatic rings. The summed E-state index contributed by atoms with van der Waals surface area (Å²) in [6, 6.07) is -1.52. The highest BCUT2D eigenvalue weighted by atomic mass is 31.2. The van der Waals surface area contributed by atoms with E-state index in [-0.39, 0.29) is 19.4 Å². The number of carboxylic acids is 1. The van der Waals surface area contributed by atoms with Gasteiger partial charge in [0.1, 0.15) is 12.6 Å². The predicted molar refractivity (Wildman–Crippen MR) is 217 cm³/mol. The molecule has 0 amide bonds. The third kappa shape index (κ3) is 36.9. The number of ether oxygens (including phenoxy) is 2. The smallest absolute Gasteiger partial charge is 0.472 e. The van der Waals surface area contributed by atoms with E-state index in [1.54, 1.807) is 0 Å². The Morgan fingerprint density at radius 1 is 0.556 bits per heavy atom. The first-order valence-corrected chi connectivity index (χ1v) is 22.9. The summed E-state index contributed by atoms with van der Waals surface area (Å²) < 4.78 is 32.6. The van der Waals surface area contributed by atoms with Gasteiger partial charge in [-0.2, -0.15) is 0 Å². The van der Waals surface area contributed by atoms with E-state index in [4.69, 9.17) is 24.8 Å². The van der Waals surface area contributed by atoms with Gasteiger partial charge in [-0.1, -0.05) is 141 Å². The molecular weight excluding hydrogens is 709 g/mol. The zero-order valence-corrected chi connectivity index (χ0v) is 35.0. The van der Waals surface area contributed by atoms with Crippen LogP contribution in [0.25, 0.3) is 0 Å². The van der Waals surface area contributed by atoms with E-state index in [0.717, 1.165) is 77.0 Å². The fourth-order valence-electron chi connectivity index (χ4n) is 5.76. The van der Waals surface area contributed by atoms with Gasteiger partial charge in [0, 0.05) is 12.8 Å². The first-order valence-electron chi connectivity index (χ1n) is 21.4. The highest BCUT2D eigenvalue weighted by Crippen LogP contribution is 2.43. The summed E-state index contributed by atoms with van der Waals surface area (Å²) in [5, 5.41) is 8.88. The van der Waals surface area contributed by atoms with Crippen LogP contribution in [-0.2, 0) is 37.5 Å². The normalized spacial score (nSPS) is 14.0. The topological polar surface area (TPSA) is 172 Å². The Morgan fingerprint density at radius 3 is 1.35 bits per heavy atom. The molecule has 0 rings (SSSR count). The molecule has 0 saturated carbocycles. The van der Waals surface area contributed by atoms with Gasteiger partial charge in [0.05, 0.1) is 13.2 Å². The van der Waals surface area contributed by atoms with Gasteiger partial charge in [0.25, 0.3) is 0 Å². The summed E-state index contributed by atoms with van der Waals surface area (Å²) in [6.07, 6.45) is 38.1. The van der Waals surface area contributed by atoms with Gasteiger partial charge in [0.15, 0.2) is 6.10 Å². The molecule has 11 nitrogen and oxygen atoms in total. The van der Waals surface area contributed by atoms with E-state index < -0.39 is 51.1 Å². The van der Waals surface area contributed by atoms with Crippen molar-refractivity contribution >= 4 is 25.7 Å². The summed E-state index contributed by atoms with van der Waals surface area (Å²) in [7, 11) is -4.71. The quantitative estimate of drug-likeness (QED) is 0.0233. The highest BCUT2D eigenvalue weighted by Gasteiger charge is 2.28. The Bertz CT molecular complexity index is 1020. The van der Waals surface area contributed by atoms with Crippen LogP contribution in [0.5, 0.6) is 0 Å². The summed E-state index contributed by atoms with van der Waals surface area (Å²) in [6.45, 7) is 2.78. The van der Waals surface area contributed by atoms with Crippen molar-refractivity contribution in [3.63, 3.8) is 0 Å². The second-order valence-corrected chi connectivity index (χ2v) is 15.9. The Balaban J connectivity index is 4.40. The number of hydrogen-bond donors (Lipinski definition) is 3. The number of rotatable bonds is 40. The van der Waals surface area contributed by atoms with E-state index in [0.29, 0.717) is 12.8 Å². The maximum absolute atomic E-state index is 12.6. The fraction of sp³-hybridized carbons (Fsp3) is 0.833. The Kier molecular flexibility index (Phi) is 36.4. The minimum absolute atomic E-state index is 0.151. The monoisotopic (exact) mass is 788 g/mol. The Morgan fingerprint density at radius 2 is 0.926 bits per heavy atom. The highest BCUT2D eigenvalue weighted by molar-refractivity contribution is 7.47. The largest absolute Gasteiger partial charge is 0.480 e. The van der Waals surface area contributed by atoms with Crippen LogP contribution in [0.2, 0.25) is 0 Å². The molecule has 316 valence electrons. The zero-order chi connectivity index (χ0) is 40.0. The van der Waals surface area contributed by atoms with Crippen LogP contribution in [0.15, 0.2) is 24.3 Å². The van der Waals surface area contributed by atoms with Crippen molar-refractivity contribution in [1.82, 2.24) is 0 Å². The molecule has 3 atom stereocenters. The number of carbonyl (C=O) groups excluding carboxylic acids is 2. The van der Waals surface area contributed by atoms with Gasteiger partial charge in [-0.15, -0.1) is 0 Å². The maximum Gasteiger partial charge on any atom is 0.472 e. The molecular formula is C42H78NO10P. The zero-order valence-electron chi connectivity index (χ0n) is 34.1. The number of phosphoric acid groups is 1. The number of esters is 2. The number of carbonyl (C=O) groups is 3. The molecule has 0 radical (unpaired) electrons. The van der Waals surface area contributed by atoms with Crippen molar-refractivity contribution in [3.8, 4) is 0 Å². The van der Waals surface area contributed by atoms with Crippen LogP contribution in [0.3, 0.4) is 0 Å². The number of hydrogen-bond acceptors (Lipinski definition) is 9. The second kappa shape index (κ2) is 37.9. The molecule has 0 aliphatic heterocycles. The molecule has 0 fully saturated rings. The lowest BCUT2D eigenvalue weighted by Crippen LogP contribution is -2.34. The van der Waals surface area contributed by atoms with Gasteiger partial charge in [-0.3, -0.25) is 23.4 Å². The van der Waals surface area contributed by atoms with Crippen LogP contribution in [-0.4, -0.2) is 59.9 Å². The van der Waals surface area contributed by atoms with E-state index in [1.165, 1.54) is 77.0 Å². The molecule has 3 unspecified atom stereocenters. The van der Waals surface area contributed by atoms with Gasteiger partial charge in [-0.25, -0.2) is 4.57 Å². The molecule has 0 aliphatic carbocycles. The lowest BCUT2D eigenvalue weighted by atomic mass is 10.1. The first kappa shape index (κ1) is 52.0. The van der Waals surface area contributed by atoms with Crippen molar-refractivity contribution in [3.05, 3.63) is 24.3 Å². The Labute approximate surface area is 328 Å². The van der Waals surface area contributed by atoms with E-state index in [2.05, 4.69) is 42.7 Å². The van der Waals surface area contributed by atoms with Gasteiger partial charge < -0.3 is 25.2 Å². The average molecular weight is 788 g/mol. The number of aliphatic carboxylic acids is 1. The SMILES string of the molecule is CCCCCCCCC=CCCCCCCCC(=O)OCC(COP(=O)(O)OCC(N)C(=O)O)OC(=O)CCCCCCCC=CCCCCCCCC. The van der Waals surface area contributed by atoms with E-state index in [1.807, 2.05) is 0 Å². The van der Waals surface area contributed by atoms with Gasteiger partial charge in [-0.05, 0) is 64.2 Å². The van der Waals surface area contributed by atoms with Crippen molar-refractivity contribution in [1.29, 1.82) is 0 Å². The van der Waals surface area contributed by atoms with Crippen molar-refractivity contribution in [2.75, 3.05) is 19.8 Å². The maximum atomic E-state index is 12.6. The molecule has 0 heterocycles. The molecule has 0 spiro atoms. The number of allylic oxidation sites excluding steroid dienone is 4. The third-order valence-electron chi connectivity index (χ3n) is 9.17. The van der Waals surface area contributed by atoms with Crippen molar-refractivity contribution < 1.29 is 47.5 Å². The van der Waals surface area contributed by atoms with Gasteiger partial charge in [0.2, 0.25) is 0 Å². The minimum Gasteiger partial charge on any atom is -0.480 e. The molecule has 12 heteroatoms. The summed E-state index contributed by atoms with van der Waals surface area (Å²) >= 11 is 0. The van der Waals surface area contributed by atoms with Crippen LogP contribution < -0.4 is 5.73 Å². The number of phosphoric ester groups is 1. The minimum atomic E-state index is -4.71. The van der Waals surface area contributed by atoms with E-state index >= 15 is 0 Å². The fourth-order valence-corrected chi connectivity index (χ4v) is 6.54. The molecule has 4 N–H and O–H groups in total. The van der Waals surface area contributed by atoms with Gasteiger partial charge >= 0.3 is 25.7 Å². The van der Waals surface area contributed by atoms with Crippen molar-refractivity contribution in [2.24, 2.45) is 5.73 Å². The molecule has 0 bridgehead atoms. The molecule has 0 aromatic rings. The van der Waals surface area contributed by atoms with Crippen LogP contribution in [0.4, 0.5) is 0 Å². The average Bonchev–Trinajstić information content (AvgIpc) is 3.14. The van der Waals surface area contributed by atoms with Crippen molar-refractivity contribution in [2.45, 2.75) is 206 Å². The predicted octanol–water partition coefficient (Wildman–Crippen LogP) is 11.1. The standard InChI is InChI=1S/C42H78NO10P/c1-3-5-7-9-11-13-15-17-19-21-23-25-27-29-31-33-40(44)50-35-38(36-51-54(48,49)52-37-39(43)42(46)47)53-41(45)34-32-30-28-26-24-22-20-18-16-14-12-10-8-6-4-2/h17-20,38-39H,3-16,21-37,43H2,1-2H3,(H,46,47)(H,48,49). The number of unbranched alkanes of at least 4 members (excludes halogenated alkanes) is 22. The Hall–Kier alpha value is -2.04. The van der Waals surface area contributed by atoms with E-state index in [9.17, 15) is 23.8 Å². The molecule has 0 aromatic carbocycles. The second-order valence-electron chi connectivity index (χ2n) is 14.5. The molecule has 54 heavy (non-hydrogen) atoms. The third-order valence-corrected chi connectivity index (χ3v) is 10.1. The molecule has 0 saturated heterocycles. The number of carboxylic acid groups (broad SMARTS) is 1. The number of nitrogens with two attached hydrogens (primary N) is 1. The summed E-state index contributed by atoms with van der Waals surface area (Å²) in [5.41, 5.74) is 5.33. The lowest BCUT2D eigenvalue weighted by molar-refractivity contribution is -0.161. The summed E-state index contributed by atoms with van der Waals surface area (Å²) in [4.78, 5) is 45.9. The lowest BCUT2D eigenvalue weighted by Gasteiger charge is -2.20. The first-order chi connectivity index (χ1) is 26.1. The van der Waals surface area contributed by atoms with Crippen LogP contribution >= 0.6 is 7.82 Å². The molecule has 0 aromatic heterocycles. The summed E-state index contributed by atoms with van der Waals surface area (Å²) in [5.74, 6) is -2.39.